The molecule has 25 heavy (non-hydrogen) atoms. The highest BCUT2D eigenvalue weighted by molar-refractivity contribution is 5.56. The summed E-state index contributed by atoms with van der Waals surface area (Å²) in [6, 6.07) is 6.66. The standard InChI is InChI=1S/C21H30N4/c1-16-9-10-20(17(2)14-16)25-21-18(8-4-5-11-22-21)19(23-25)15-24-12-6-3-7-13-24/h9-10,14,22H,3-8,11-13,15H2,1-2H3. The molecule has 0 atom stereocenters. The Morgan fingerprint density at radius 3 is 2.68 bits per heavy atom. The number of nitrogens with one attached hydrogen (secondary N) is 1. The minimum absolute atomic E-state index is 1.00. The average molecular weight is 338 g/mol. The summed E-state index contributed by atoms with van der Waals surface area (Å²) in [7, 11) is 0. The molecule has 0 bridgehead atoms. The molecule has 2 aliphatic rings. The molecule has 2 aliphatic heterocycles. The van der Waals surface area contributed by atoms with Gasteiger partial charge in [0.25, 0.3) is 0 Å². The van der Waals surface area contributed by atoms with E-state index in [0.717, 1.165) is 19.5 Å². The van der Waals surface area contributed by atoms with E-state index < -0.39 is 0 Å². The molecule has 1 saturated heterocycles. The van der Waals surface area contributed by atoms with Crippen LogP contribution in [-0.4, -0.2) is 34.3 Å². The fourth-order valence-electron chi connectivity index (χ4n) is 4.25. The molecule has 0 radical (unpaired) electrons. The van der Waals surface area contributed by atoms with Crippen molar-refractivity contribution in [2.75, 3.05) is 25.0 Å². The number of hydrogen-bond acceptors (Lipinski definition) is 3. The Balaban J connectivity index is 1.73. The molecule has 134 valence electrons. The van der Waals surface area contributed by atoms with Crippen LogP contribution in [0.15, 0.2) is 18.2 Å². The van der Waals surface area contributed by atoms with Crippen molar-refractivity contribution in [3.05, 3.63) is 40.6 Å². The summed E-state index contributed by atoms with van der Waals surface area (Å²) < 4.78 is 2.18. The van der Waals surface area contributed by atoms with Gasteiger partial charge in [-0.05, 0) is 70.7 Å². The Bertz CT molecular complexity index is 741. The lowest BCUT2D eigenvalue weighted by Crippen LogP contribution is -2.29. The Hall–Kier alpha value is -1.81. The molecule has 0 aliphatic carbocycles. The average Bonchev–Trinajstić information content (AvgIpc) is 2.79. The van der Waals surface area contributed by atoms with E-state index in [2.05, 4.69) is 46.9 Å². The predicted octanol–water partition coefficient (Wildman–Crippen LogP) is 4.22. The molecule has 3 heterocycles. The maximum atomic E-state index is 5.10. The van der Waals surface area contributed by atoms with Gasteiger partial charge in [0, 0.05) is 18.7 Å². The smallest absolute Gasteiger partial charge is 0.133 e. The monoisotopic (exact) mass is 338 g/mol. The number of nitrogens with zero attached hydrogens (tertiary/aromatic N) is 3. The zero-order valence-corrected chi connectivity index (χ0v) is 15.6. The summed E-state index contributed by atoms with van der Waals surface area (Å²) in [5, 5.41) is 8.77. The Labute approximate surface area is 151 Å². The van der Waals surface area contributed by atoms with Crippen LogP contribution in [0.5, 0.6) is 0 Å². The van der Waals surface area contributed by atoms with Crippen molar-refractivity contribution in [2.24, 2.45) is 0 Å². The van der Waals surface area contributed by atoms with Gasteiger partial charge in [-0.25, -0.2) is 4.68 Å². The van der Waals surface area contributed by atoms with Crippen molar-refractivity contribution in [1.82, 2.24) is 14.7 Å². The van der Waals surface area contributed by atoms with Crippen LogP contribution in [0.2, 0.25) is 0 Å². The lowest BCUT2D eigenvalue weighted by molar-refractivity contribution is 0.217. The SMILES string of the molecule is Cc1ccc(-n2nc(CN3CCCCC3)c3c2NCCCC3)c(C)c1. The minimum Gasteiger partial charge on any atom is -0.370 e. The van der Waals surface area contributed by atoms with Gasteiger partial charge >= 0.3 is 0 Å². The number of piperidine rings is 1. The van der Waals surface area contributed by atoms with Gasteiger partial charge in [0.05, 0.1) is 11.4 Å². The van der Waals surface area contributed by atoms with Crippen LogP contribution in [0.3, 0.4) is 0 Å². The van der Waals surface area contributed by atoms with Crippen LogP contribution in [-0.2, 0) is 13.0 Å². The van der Waals surface area contributed by atoms with Gasteiger partial charge in [-0.1, -0.05) is 24.1 Å². The lowest BCUT2D eigenvalue weighted by Gasteiger charge is -2.25. The zero-order chi connectivity index (χ0) is 17.2. The number of aryl methyl sites for hydroxylation is 2. The quantitative estimate of drug-likeness (QED) is 0.909. The molecule has 0 saturated carbocycles. The van der Waals surface area contributed by atoms with E-state index in [1.807, 2.05) is 0 Å². The highest BCUT2D eigenvalue weighted by Gasteiger charge is 2.23. The first-order chi connectivity index (χ1) is 12.2. The third kappa shape index (κ3) is 3.45. The maximum absolute atomic E-state index is 5.10. The first kappa shape index (κ1) is 16.6. The van der Waals surface area contributed by atoms with Crippen LogP contribution in [0.25, 0.3) is 5.69 Å². The molecular weight excluding hydrogens is 308 g/mol. The molecule has 0 spiro atoms. The Morgan fingerprint density at radius 2 is 1.88 bits per heavy atom. The van der Waals surface area contributed by atoms with E-state index in [9.17, 15) is 0 Å². The van der Waals surface area contributed by atoms with Gasteiger partial charge in [-0.3, -0.25) is 4.90 Å². The maximum Gasteiger partial charge on any atom is 0.133 e. The van der Waals surface area contributed by atoms with Gasteiger partial charge in [0.1, 0.15) is 5.82 Å². The van der Waals surface area contributed by atoms with Gasteiger partial charge < -0.3 is 5.32 Å². The fourth-order valence-corrected chi connectivity index (χ4v) is 4.25. The third-order valence-electron chi connectivity index (χ3n) is 5.62. The van der Waals surface area contributed by atoms with Crippen molar-refractivity contribution in [2.45, 2.75) is 58.9 Å². The second-order valence-corrected chi connectivity index (χ2v) is 7.70. The van der Waals surface area contributed by atoms with Crippen LogP contribution in [0.1, 0.15) is 54.5 Å². The second kappa shape index (κ2) is 7.20. The predicted molar refractivity (Wildman–Crippen MR) is 104 cm³/mol. The highest BCUT2D eigenvalue weighted by atomic mass is 15.3. The first-order valence-corrected chi connectivity index (χ1v) is 9.87. The Morgan fingerprint density at radius 1 is 1.04 bits per heavy atom. The van der Waals surface area contributed by atoms with Crippen LogP contribution < -0.4 is 5.32 Å². The van der Waals surface area contributed by atoms with E-state index in [1.54, 1.807) is 0 Å². The third-order valence-corrected chi connectivity index (χ3v) is 5.62. The summed E-state index contributed by atoms with van der Waals surface area (Å²) in [4.78, 5) is 2.59. The molecule has 2 aromatic rings. The topological polar surface area (TPSA) is 33.1 Å². The largest absolute Gasteiger partial charge is 0.370 e. The van der Waals surface area contributed by atoms with Crippen LogP contribution >= 0.6 is 0 Å². The van der Waals surface area contributed by atoms with Gasteiger partial charge in [-0.2, -0.15) is 5.10 Å². The van der Waals surface area contributed by atoms with Crippen LogP contribution in [0.4, 0.5) is 5.82 Å². The highest BCUT2D eigenvalue weighted by Crippen LogP contribution is 2.30. The summed E-state index contributed by atoms with van der Waals surface area (Å²) in [6.07, 6.45) is 7.69. The number of rotatable bonds is 3. The molecular formula is C21H30N4. The van der Waals surface area contributed by atoms with E-state index in [1.165, 1.54) is 79.1 Å². The number of fused-ring (bicyclic) bond motifs is 1. The number of hydrogen-bond donors (Lipinski definition) is 1. The number of likely N-dealkylation sites (tertiary alicyclic amines) is 1. The van der Waals surface area contributed by atoms with E-state index in [0.29, 0.717) is 0 Å². The number of anilines is 1. The molecule has 4 heteroatoms. The van der Waals surface area contributed by atoms with Gasteiger partial charge in [0.15, 0.2) is 0 Å². The zero-order valence-electron chi connectivity index (χ0n) is 15.6. The van der Waals surface area contributed by atoms with Crippen molar-refractivity contribution in [3.63, 3.8) is 0 Å². The molecule has 1 fully saturated rings. The first-order valence-electron chi connectivity index (χ1n) is 9.87. The van der Waals surface area contributed by atoms with E-state index in [4.69, 9.17) is 5.10 Å². The summed E-state index contributed by atoms with van der Waals surface area (Å²) in [5.41, 5.74) is 6.54. The summed E-state index contributed by atoms with van der Waals surface area (Å²) >= 11 is 0. The Kier molecular flexibility index (Phi) is 4.80. The molecule has 0 unspecified atom stereocenters. The van der Waals surface area contributed by atoms with Crippen molar-refractivity contribution in [1.29, 1.82) is 0 Å². The lowest BCUT2D eigenvalue weighted by atomic mass is 10.1. The van der Waals surface area contributed by atoms with Gasteiger partial charge in [0.2, 0.25) is 0 Å². The van der Waals surface area contributed by atoms with Crippen LogP contribution in [0, 0.1) is 13.8 Å². The molecule has 1 aromatic heterocycles. The van der Waals surface area contributed by atoms with E-state index >= 15 is 0 Å². The molecule has 1 aromatic carbocycles. The second-order valence-electron chi connectivity index (χ2n) is 7.70. The van der Waals surface area contributed by atoms with Crippen molar-refractivity contribution in [3.8, 4) is 5.69 Å². The van der Waals surface area contributed by atoms with Gasteiger partial charge in [-0.15, -0.1) is 0 Å². The molecule has 4 nitrogen and oxygen atoms in total. The molecule has 4 rings (SSSR count). The minimum atomic E-state index is 1.00. The number of aromatic nitrogens is 2. The van der Waals surface area contributed by atoms with Crippen molar-refractivity contribution >= 4 is 5.82 Å². The van der Waals surface area contributed by atoms with E-state index in [-0.39, 0.29) is 0 Å². The fraction of sp³-hybridized carbons (Fsp3) is 0.571. The number of benzene rings is 1. The molecule has 0 amide bonds. The normalized spacial score (nSPS) is 18.5. The molecule has 1 N–H and O–H groups in total. The van der Waals surface area contributed by atoms with Crippen molar-refractivity contribution < 1.29 is 0 Å². The summed E-state index contributed by atoms with van der Waals surface area (Å²) in [5.74, 6) is 1.23. The summed E-state index contributed by atoms with van der Waals surface area (Å²) in [6.45, 7) is 8.84.